The summed E-state index contributed by atoms with van der Waals surface area (Å²) in [4.78, 5) is 13.9. The molecule has 0 aliphatic carbocycles. The van der Waals surface area contributed by atoms with Crippen LogP contribution in [0.4, 0.5) is 0 Å². The van der Waals surface area contributed by atoms with E-state index in [1.165, 1.54) is 0 Å². The molecule has 1 saturated heterocycles. The third kappa shape index (κ3) is 3.83. The van der Waals surface area contributed by atoms with Crippen molar-refractivity contribution < 1.29 is 14.6 Å². The van der Waals surface area contributed by atoms with Crippen LogP contribution in [0.1, 0.15) is 36.4 Å². The summed E-state index contributed by atoms with van der Waals surface area (Å²) in [5.41, 5.74) is 1.82. The van der Waals surface area contributed by atoms with E-state index in [4.69, 9.17) is 27.9 Å². The molecule has 1 N–H and O–H groups in total. The molecule has 3 rings (SSSR count). The van der Waals surface area contributed by atoms with Crippen LogP contribution in [-0.4, -0.2) is 35.7 Å². The Morgan fingerprint density at radius 3 is 2.65 bits per heavy atom. The van der Waals surface area contributed by atoms with Crippen molar-refractivity contribution in [2.24, 2.45) is 0 Å². The lowest BCUT2D eigenvalue weighted by Crippen LogP contribution is -2.46. The van der Waals surface area contributed by atoms with Gasteiger partial charge < -0.3 is 9.84 Å². The molecule has 0 spiro atoms. The van der Waals surface area contributed by atoms with Crippen LogP contribution < -0.4 is 4.74 Å². The number of aliphatic carboxylic acids is 1. The van der Waals surface area contributed by atoms with Crippen LogP contribution in [0.2, 0.25) is 10.0 Å². The molecule has 0 amide bonds. The number of likely N-dealkylation sites (tertiary alicyclic amines) is 1. The molecule has 2 aromatic carbocycles. The van der Waals surface area contributed by atoms with E-state index in [9.17, 15) is 9.90 Å². The molecule has 0 aromatic heterocycles. The second-order valence-electron chi connectivity index (χ2n) is 6.41. The summed E-state index contributed by atoms with van der Waals surface area (Å²) in [7, 11) is 1.62. The van der Waals surface area contributed by atoms with Crippen molar-refractivity contribution in [3.05, 3.63) is 63.6 Å². The minimum atomic E-state index is -0.801. The standard InChI is InChI=1S/C20H21Cl2NO3/c1-26-18-8-3-2-6-14(18)19(13-9-10-15(21)16(22)12-13)23-11-5-4-7-17(23)20(24)25/h2-3,6,8-10,12,17,19H,4-5,7,11H2,1H3,(H,24,25). The maximum atomic E-state index is 11.9. The topological polar surface area (TPSA) is 49.8 Å². The summed E-state index contributed by atoms with van der Waals surface area (Å²) in [5, 5.41) is 10.7. The predicted octanol–water partition coefficient (Wildman–Crippen LogP) is 5.03. The molecule has 2 atom stereocenters. The van der Waals surface area contributed by atoms with Gasteiger partial charge in [-0.3, -0.25) is 9.69 Å². The second-order valence-corrected chi connectivity index (χ2v) is 7.22. The van der Waals surface area contributed by atoms with Crippen molar-refractivity contribution in [2.75, 3.05) is 13.7 Å². The largest absolute Gasteiger partial charge is 0.496 e. The Morgan fingerprint density at radius 2 is 1.96 bits per heavy atom. The number of benzene rings is 2. The van der Waals surface area contributed by atoms with Crippen LogP contribution in [0, 0.1) is 0 Å². The lowest BCUT2D eigenvalue weighted by Gasteiger charge is -2.40. The summed E-state index contributed by atoms with van der Waals surface area (Å²) in [6.07, 6.45) is 2.49. The number of ether oxygens (including phenoxy) is 1. The minimum absolute atomic E-state index is 0.276. The van der Waals surface area contributed by atoms with Gasteiger partial charge in [-0.05, 0) is 43.1 Å². The van der Waals surface area contributed by atoms with E-state index >= 15 is 0 Å². The first-order valence-electron chi connectivity index (χ1n) is 8.59. The molecule has 4 nitrogen and oxygen atoms in total. The highest BCUT2D eigenvalue weighted by Crippen LogP contribution is 2.39. The van der Waals surface area contributed by atoms with Gasteiger partial charge in [0.05, 0.1) is 23.2 Å². The van der Waals surface area contributed by atoms with E-state index in [0.29, 0.717) is 23.0 Å². The van der Waals surface area contributed by atoms with Gasteiger partial charge in [-0.2, -0.15) is 0 Å². The molecule has 1 aliphatic heterocycles. The van der Waals surface area contributed by atoms with Gasteiger partial charge in [-0.1, -0.05) is 53.9 Å². The summed E-state index contributed by atoms with van der Waals surface area (Å²) in [6.45, 7) is 0.694. The Morgan fingerprint density at radius 1 is 1.19 bits per heavy atom. The van der Waals surface area contributed by atoms with Crippen LogP contribution in [0.5, 0.6) is 5.75 Å². The number of carboxylic acids is 1. The molecule has 1 heterocycles. The Bertz CT molecular complexity index is 796. The fraction of sp³-hybridized carbons (Fsp3) is 0.350. The molecule has 1 fully saturated rings. The molecular weight excluding hydrogens is 373 g/mol. The molecule has 0 saturated carbocycles. The van der Waals surface area contributed by atoms with Crippen molar-refractivity contribution in [2.45, 2.75) is 31.3 Å². The third-order valence-corrected chi connectivity index (χ3v) is 5.59. The van der Waals surface area contributed by atoms with Gasteiger partial charge in [-0.25, -0.2) is 0 Å². The molecule has 138 valence electrons. The monoisotopic (exact) mass is 393 g/mol. The Labute approximate surface area is 163 Å². The van der Waals surface area contributed by atoms with Crippen LogP contribution in [0.15, 0.2) is 42.5 Å². The quantitative estimate of drug-likeness (QED) is 0.773. The van der Waals surface area contributed by atoms with Crippen LogP contribution in [-0.2, 0) is 4.79 Å². The Balaban J connectivity index is 2.15. The number of hydrogen-bond donors (Lipinski definition) is 1. The number of piperidine rings is 1. The van der Waals surface area contributed by atoms with E-state index < -0.39 is 12.0 Å². The van der Waals surface area contributed by atoms with Crippen LogP contribution >= 0.6 is 23.2 Å². The highest BCUT2D eigenvalue weighted by atomic mass is 35.5. The number of halogens is 2. The second kappa shape index (κ2) is 8.30. The zero-order valence-electron chi connectivity index (χ0n) is 14.5. The third-order valence-electron chi connectivity index (χ3n) is 4.85. The highest BCUT2D eigenvalue weighted by Gasteiger charge is 2.36. The molecule has 6 heteroatoms. The number of methoxy groups -OCH3 is 1. The zero-order valence-corrected chi connectivity index (χ0v) is 16.0. The SMILES string of the molecule is COc1ccccc1C(c1ccc(Cl)c(Cl)c1)N1CCCCC1C(=O)O. The molecule has 0 bridgehead atoms. The van der Waals surface area contributed by atoms with Crippen molar-refractivity contribution >= 4 is 29.2 Å². The lowest BCUT2D eigenvalue weighted by atomic mass is 9.91. The summed E-state index contributed by atoms with van der Waals surface area (Å²) in [6, 6.07) is 12.3. The Hall–Kier alpha value is -1.75. The van der Waals surface area contributed by atoms with Gasteiger partial charge in [0, 0.05) is 5.56 Å². The first-order valence-corrected chi connectivity index (χ1v) is 9.35. The van der Waals surface area contributed by atoms with Gasteiger partial charge in [0.15, 0.2) is 0 Å². The fourth-order valence-electron chi connectivity index (χ4n) is 3.65. The van der Waals surface area contributed by atoms with E-state index in [0.717, 1.165) is 29.7 Å². The lowest BCUT2D eigenvalue weighted by molar-refractivity contribution is -0.145. The molecule has 2 unspecified atom stereocenters. The van der Waals surface area contributed by atoms with E-state index in [2.05, 4.69) is 0 Å². The molecule has 2 aromatic rings. The average molecular weight is 394 g/mol. The molecule has 26 heavy (non-hydrogen) atoms. The van der Waals surface area contributed by atoms with Crippen molar-refractivity contribution in [3.63, 3.8) is 0 Å². The van der Waals surface area contributed by atoms with E-state index in [1.54, 1.807) is 13.2 Å². The molecule has 1 aliphatic rings. The van der Waals surface area contributed by atoms with Crippen molar-refractivity contribution in [1.29, 1.82) is 0 Å². The normalized spacial score (nSPS) is 19.1. The summed E-state index contributed by atoms with van der Waals surface area (Å²) >= 11 is 12.3. The van der Waals surface area contributed by atoms with Crippen molar-refractivity contribution in [1.82, 2.24) is 4.90 Å². The Kier molecular flexibility index (Phi) is 6.07. The smallest absolute Gasteiger partial charge is 0.320 e. The maximum absolute atomic E-state index is 11.9. The van der Waals surface area contributed by atoms with Gasteiger partial charge >= 0.3 is 5.97 Å². The first-order chi connectivity index (χ1) is 12.5. The highest BCUT2D eigenvalue weighted by molar-refractivity contribution is 6.42. The average Bonchev–Trinajstić information content (AvgIpc) is 2.65. The summed E-state index contributed by atoms with van der Waals surface area (Å²) in [5.74, 6) is -0.0806. The van der Waals surface area contributed by atoms with Gasteiger partial charge in [0.1, 0.15) is 11.8 Å². The fourth-order valence-corrected chi connectivity index (χ4v) is 3.96. The number of hydrogen-bond acceptors (Lipinski definition) is 3. The molecule has 0 radical (unpaired) electrons. The van der Waals surface area contributed by atoms with Crippen LogP contribution in [0.3, 0.4) is 0 Å². The zero-order chi connectivity index (χ0) is 18.7. The van der Waals surface area contributed by atoms with Gasteiger partial charge in [0.2, 0.25) is 0 Å². The number of carbonyl (C=O) groups is 1. The molecular formula is C20H21Cl2NO3. The maximum Gasteiger partial charge on any atom is 0.320 e. The summed E-state index contributed by atoms with van der Waals surface area (Å²) < 4.78 is 5.56. The first kappa shape index (κ1) is 19.0. The van der Waals surface area contributed by atoms with E-state index in [1.807, 2.05) is 41.3 Å². The minimum Gasteiger partial charge on any atom is -0.496 e. The number of para-hydroxylation sites is 1. The number of carboxylic acid groups (broad SMARTS) is 1. The van der Waals surface area contributed by atoms with Crippen molar-refractivity contribution in [3.8, 4) is 5.75 Å². The van der Waals surface area contributed by atoms with E-state index in [-0.39, 0.29) is 6.04 Å². The van der Waals surface area contributed by atoms with Crippen LogP contribution in [0.25, 0.3) is 0 Å². The number of nitrogens with zero attached hydrogens (tertiary/aromatic N) is 1. The number of rotatable bonds is 5. The predicted molar refractivity (Wildman–Crippen MR) is 103 cm³/mol. The van der Waals surface area contributed by atoms with Gasteiger partial charge in [-0.15, -0.1) is 0 Å². The van der Waals surface area contributed by atoms with Gasteiger partial charge in [0.25, 0.3) is 0 Å².